The summed E-state index contributed by atoms with van der Waals surface area (Å²) in [7, 11) is -0.926. The smallest absolute Gasteiger partial charge is 0.313 e. The number of hydrogen-bond donors (Lipinski definition) is 1. The fraction of sp³-hybridized carbons (Fsp3) is 0.667. The first-order valence-corrected chi connectivity index (χ1v) is 7.59. The van der Waals surface area contributed by atoms with Crippen molar-refractivity contribution in [2.75, 3.05) is 12.0 Å². The summed E-state index contributed by atoms with van der Waals surface area (Å²) in [6.07, 6.45) is 1.65. The largest absolute Gasteiger partial charge is 0.481 e. The molecule has 8 heteroatoms. The van der Waals surface area contributed by atoms with Crippen LogP contribution in [0, 0.1) is 6.92 Å². The van der Waals surface area contributed by atoms with E-state index in [1.165, 1.54) is 0 Å². The normalized spacial score (nSPS) is 14.5. The molecule has 17 heavy (non-hydrogen) atoms. The van der Waals surface area contributed by atoms with E-state index in [2.05, 4.69) is 10.2 Å². The molecule has 0 saturated carbocycles. The van der Waals surface area contributed by atoms with Crippen LogP contribution < -0.4 is 0 Å². The molecule has 0 saturated heterocycles. The zero-order chi connectivity index (χ0) is 13.0. The van der Waals surface area contributed by atoms with Crippen molar-refractivity contribution >= 4 is 28.5 Å². The van der Waals surface area contributed by atoms with Crippen LogP contribution in [0.1, 0.15) is 12.7 Å². The van der Waals surface area contributed by atoms with E-state index in [4.69, 9.17) is 5.11 Å². The van der Waals surface area contributed by atoms with Crippen LogP contribution in [0.4, 0.5) is 0 Å². The maximum Gasteiger partial charge on any atom is 0.313 e. The Morgan fingerprint density at radius 2 is 2.24 bits per heavy atom. The molecule has 0 aromatic carbocycles. The Hall–Kier alpha value is -0.890. The first-order chi connectivity index (χ1) is 7.91. The highest BCUT2D eigenvalue weighted by Crippen LogP contribution is 2.17. The van der Waals surface area contributed by atoms with Crippen LogP contribution >= 0.6 is 11.8 Å². The molecule has 0 aliphatic carbocycles. The van der Waals surface area contributed by atoms with Crippen LogP contribution in [0.5, 0.6) is 0 Å². The minimum Gasteiger partial charge on any atom is -0.481 e. The summed E-state index contributed by atoms with van der Waals surface area (Å²) < 4.78 is 13.1. The molecule has 0 bridgehead atoms. The van der Waals surface area contributed by atoms with Crippen molar-refractivity contribution in [1.29, 1.82) is 0 Å². The van der Waals surface area contributed by atoms with Gasteiger partial charge in [0.25, 0.3) is 0 Å². The average molecular weight is 277 g/mol. The summed E-state index contributed by atoms with van der Waals surface area (Å²) in [4.78, 5) is 10.5. The summed E-state index contributed by atoms with van der Waals surface area (Å²) in [6, 6.07) is 0. The zero-order valence-corrected chi connectivity index (χ0v) is 11.5. The highest BCUT2D eigenvalue weighted by Gasteiger charge is 2.15. The second-order valence-electron chi connectivity index (χ2n) is 3.63. The molecule has 0 radical (unpaired) electrons. The van der Waals surface area contributed by atoms with Crippen LogP contribution in [0.3, 0.4) is 0 Å². The van der Waals surface area contributed by atoms with Gasteiger partial charge >= 0.3 is 5.97 Å². The minimum absolute atomic E-state index is 0.0196. The summed E-state index contributed by atoms with van der Waals surface area (Å²) in [6.45, 7) is 4.20. The molecular weight excluding hydrogens is 262 g/mol. The van der Waals surface area contributed by atoms with E-state index >= 15 is 0 Å². The molecule has 1 heterocycles. The third-order valence-electron chi connectivity index (χ3n) is 2.23. The van der Waals surface area contributed by atoms with Gasteiger partial charge in [0.1, 0.15) is 5.82 Å². The van der Waals surface area contributed by atoms with Crippen molar-refractivity contribution in [2.45, 2.75) is 30.8 Å². The average Bonchev–Trinajstić information content (AvgIpc) is 2.57. The standard InChI is InChI=1S/C9H15N3O3S2/c1-6(17(3)15)4-12-7(2)10-11-9(12)16-5-8(13)14/h6H,4-5H2,1-3H3,(H,13,14). The lowest BCUT2D eigenvalue weighted by Crippen LogP contribution is -2.19. The van der Waals surface area contributed by atoms with Gasteiger partial charge in [-0.25, -0.2) is 0 Å². The van der Waals surface area contributed by atoms with Crippen LogP contribution in [-0.2, 0) is 22.1 Å². The molecule has 6 nitrogen and oxygen atoms in total. The van der Waals surface area contributed by atoms with E-state index in [1.54, 1.807) is 17.7 Å². The molecule has 1 aromatic heterocycles. The number of carboxylic acids is 1. The number of aliphatic carboxylic acids is 1. The quantitative estimate of drug-likeness (QED) is 0.763. The number of carbonyl (C=O) groups is 1. The molecule has 2 unspecified atom stereocenters. The summed E-state index contributed by atoms with van der Waals surface area (Å²) in [5, 5.41) is 17.0. The van der Waals surface area contributed by atoms with Gasteiger partial charge in [-0.3, -0.25) is 9.00 Å². The number of thioether (sulfide) groups is 1. The molecule has 0 aliphatic rings. The second-order valence-corrected chi connectivity index (χ2v) is 6.38. The lowest BCUT2D eigenvalue weighted by atomic mass is 10.4. The number of aromatic nitrogens is 3. The van der Waals surface area contributed by atoms with Crippen molar-refractivity contribution in [2.24, 2.45) is 0 Å². The van der Waals surface area contributed by atoms with Crippen LogP contribution in [-0.4, -0.2) is 47.3 Å². The fourth-order valence-electron chi connectivity index (χ4n) is 1.17. The lowest BCUT2D eigenvalue weighted by Gasteiger charge is -2.12. The molecular formula is C9H15N3O3S2. The second kappa shape index (κ2) is 6.15. The van der Waals surface area contributed by atoms with Crippen molar-refractivity contribution in [3.63, 3.8) is 0 Å². The molecule has 0 fully saturated rings. The van der Waals surface area contributed by atoms with Gasteiger partial charge in [-0.2, -0.15) is 0 Å². The number of rotatable bonds is 6. The Morgan fingerprint density at radius 1 is 1.59 bits per heavy atom. The van der Waals surface area contributed by atoms with Gasteiger partial charge in [0.05, 0.1) is 5.75 Å². The summed E-state index contributed by atoms with van der Waals surface area (Å²) in [5.41, 5.74) is 0. The Bertz CT molecular complexity index is 433. The van der Waals surface area contributed by atoms with Gasteiger partial charge in [-0.05, 0) is 13.8 Å². The third-order valence-corrected chi connectivity index (χ3v) is 4.47. The Labute approximate surface area is 106 Å². The van der Waals surface area contributed by atoms with E-state index in [1.807, 2.05) is 6.92 Å². The first kappa shape index (κ1) is 14.2. The topological polar surface area (TPSA) is 85.1 Å². The highest BCUT2D eigenvalue weighted by atomic mass is 32.2. The highest BCUT2D eigenvalue weighted by molar-refractivity contribution is 7.99. The van der Waals surface area contributed by atoms with Crippen molar-refractivity contribution in [3.05, 3.63) is 5.82 Å². The predicted octanol–water partition coefficient (Wildman–Crippen LogP) is 0.530. The molecule has 0 aliphatic heterocycles. The Morgan fingerprint density at radius 3 is 2.76 bits per heavy atom. The van der Waals surface area contributed by atoms with E-state index in [0.717, 1.165) is 11.8 Å². The van der Waals surface area contributed by atoms with Crippen molar-refractivity contribution < 1.29 is 14.1 Å². The number of carboxylic acid groups (broad SMARTS) is 1. The first-order valence-electron chi connectivity index (χ1n) is 4.98. The van der Waals surface area contributed by atoms with E-state index in [9.17, 15) is 9.00 Å². The zero-order valence-electron chi connectivity index (χ0n) is 9.91. The number of hydrogen-bond acceptors (Lipinski definition) is 5. The lowest BCUT2D eigenvalue weighted by molar-refractivity contribution is -0.133. The molecule has 1 rings (SSSR count). The van der Waals surface area contributed by atoms with E-state index < -0.39 is 16.8 Å². The molecule has 1 aromatic rings. The Kier molecular flexibility index (Phi) is 5.13. The Balaban J connectivity index is 2.79. The van der Waals surface area contributed by atoms with Gasteiger partial charge in [0, 0.05) is 28.9 Å². The SMILES string of the molecule is Cc1nnc(SCC(=O)O)n1CC(C)S(C)=O. The molecule has 0 amide bonds. The maximum absolute atomic E-state index is 11.3. The third kappa shape index (κ3) is 4.12. The van der Waals surface area contributed by atoms with E-state index in [0.29, 0.717) is 17.5 Å². The van der Waals surface area contributed by atoms with Gasteiger partial charge < -0.3 is 9.67 Å². The van der Waals surface area contributed by atoms with Crippen LogP contribution in [0.2, 0.25) is 0 Å². The minimum atomic E-state index is -0.926. The van der Waals surface area contributed by atoms with Crippen molar-refractivity contribution in [3.8, 4) is 0 Å². The van der Waals surface area contributed by atoms with Crippen molar-refractivity contribution in [1.82, 2.24) is 14.8 Å². The van der Waals surface area contributed by atoms with Gasteiger partial charge in [-0.15, -0.1) is 10.2 Å². The van der Waals surface area contributed by atoms with Crippen LogP contribution in [0.25, 0.3) is 0 Å². The van der Waals surface area contributed by atoms with Gasteiger partial charge in [0.2, 0.25) is 0 Å². The number of aryl methyl sites for hydroxylation is 1. The fourth-order valence-corrected chi connectivity index (χ4v) is 2.24. The monoisotopic (exact) mass is 277 g/mol. The molecule has 1 N–H and O–H groups in total. The molecule has 2 atom stereocenters. The van der Waals surface area contributed by atoms with Gasteiger partial charge in [-0.1, -0.05) is 11.8 Å². The summed E-state index contributed by atoms with van der Waals surface area (Å²) in [5.74, 6) is -0.244. The predicted molar refractivity (Wildman–Crippen MR) is 66.6 cm³/mol. The summed E-state index contributed by atoms with van der Waals surface area (Å²) >= 11 is 1.12. The van der Waals surface area contributed by atoms with Gasteiger partial charge in [0.15, 0.2) is 5.16 Å². The van der Waals surface area contributed by atoms with E-state index in [-0.39, 0.29) is 11.0 Å². The molecule has 96 valence electrons. The van der Waals surface area contributed by atoms with Crippen LogP contribution in [0.15, 0.2) is 5.16 Å². The number of nitrogens with zero attached hydrogens (tertiary/aromatic N) is 3. The molecule has 0 spiro atoms. The maximum atomic E-state index is 11.3.